The summed E-state index contributed by atoms with van der Waals surface area (Å²) in [6.07, 6.45) is 2.70. The Morgan fingerprint density at radius 2 is 2.11 bits per heavy atom. The smallest absolute Gasteiger partial charge is 0.0907 e. The van der Waals surface area contributed by atoms with Gasteiger partial charge >= 0.3 is 0 Å². The number of thiazole rings is 1. The van der Waals surface area contributed by atoms with Crippen LogP contribution in [0.3, 0.4) is 0 Å². The number of aryl methyl sites for hydroxylation is 1. The van der Waals surface area contributed by atoms with Gasteiger partial charge in [0.1, 0.15) is 0 Å². The third-order valence-electron chi connectivity index (χ3n) is 3.84. The summed E-state index contributed by atoms with van der Waals surface area (Å²) in [6, 6.07) is 6.72. The summed E-state index contributed by atoms with van der Waals surface area (Å²) in [7, 11) is 0. The van der Waals surface area contributed by atoms with Crippen LogP contribution in [0, 0.1) is 12.8 Å². The number of rotatable bonds is 2. The predicted molar refractivity (Wildman–Crippen MR) is 78.0 cm³/mol. The van der Waals surface area contributed by atoms with Crippen molar-refractivity contribution in [1.29, 1.82) is 0 Å². The predicted octanol–water partition coefficient (Wildman–Crippen LogP) is 3.84. The molecule has 2 heterocycles. The van der Waals surface area contributed by atoms with Crippen LogP contribution < -0.4 is 0 Å². The van der Waals surface area contributed by atoms with Gasteiger partial charge in [0, 0.05) is 6.54 Å². The van der Waals surface area contributed by atoms with Crippen LogP contribution in [0.4, 0.5) is 0 Å². The molecule has 0 saturated carbocycles. The highest BCUT2D eigenvalue weighted by atomic mass is 32.1. The van der Waals surface area contributed by atoms with Crippen molar-refractivity contribution in [1.82, 2.24) is 9.88 Å². The van der Waals surface area contributed by atoms with Crippen LogP contribution in [0.2, 0.25) is 0 Å². The van der Waals surface area contributed by atoms with E-state index < -0.39 is 0 Å². The highest BCUT2D eigenvalue weighted by Gasteiger charge is 2.15. The summed E-state index contributed by atoms with van der Waals surface area (Å²) in [6.45, 7) is 8.04. The lowest BCUT2D eigenvalue weighted by Crippen LogP contribution is -2.32. The van der Waals surface area contributed by atoms with Crippen molar-refractivity contribution < 1.29 is 0 Å². The van der Waals surface area contributed by atoms with Gasteiger partial charge in [0.25, 0.3) is 0 Å². The number of fused-ring (bicyclic) bond motifs is 1. The minimum atomic E-state index is 0.910. The van der Waals surface area contributed by atoms with E-state index in [-0.39, 0.29) is 0 Å². The molecule has 0 amide bonds. The molecule has 0 radical (unpaired) electrons. The second kappa shape index (κ2) is 4.98. The second-order valence-electron chi connectivity index (χ2n) is 5.49. The van der Waals surface area contributed by atoms with Gasteiger partial charge in [-0.1, -0.05) is 13.0 Å². The topological polar surface area (TPSA) is 16.1 Å². The molecular formula is C15H20N2S. The molecule has 3 heteroatoms. The summed E-state index contributed by atoms with van der Waals surface area (Å²) in [4.78, 5) is 7.09. The molecule has 1 aromatic heterocycles. The Hall–Kier alpha value is -0.930. The Morgan fingerprint density at radius 3 is 2.89 bits per heavy atom. The molecule has 0 bridgehead atoms. The summed E-state index contributed by atoms with van der Waals surface area (Å²) >= 11 is 1.80. The van der Waals surface area contributed by atoms with Crippen molar-refractivity contribution in [2.45, 2.75) is 33.2 Å². The number of hydrogen-bond acceptors (Lipinski definition) is 3. The molecule has 0 N–H and O–H groups in total. The minimum absolute atomic E-state index is 0.910. The molecule has 2 nitrogen and oxygen atoms in total. The maximum atomic E-state index is 4.52. The van der Waals surface area contributed by atoms with E-state index >= 15 is 0 Å². The van der Waals surface area contributed by atoms with Crippen LogP contribution in [0.1, 0.15) is 30.3 Å². The fourth-order valence-electron chi connectivity index (χ4n) is 2.66. The number of hydrogen-bond donors (Lipinski definition) is 0. The second-order valence-corrected chi connectivity index (χ2v) is 6.73. The molecule has 2 aromatic rings. The quantitative estimate of drug-likeness (QED) is 0.815. The molecule has 18 heavy (non-hydrogen) atoms. The first-order valence-electron chi connectivity index (χ1n) is 6.79. The van der Waals surface area contributed by atoms with E-state index in [1.54, 1.807) is 11.3 Å². The van der Waals surface area contributed by atoms with Crippen LogP contribution in [0.25, 0.3) is 10.2 Å². The maximum Gasteiger partial charge on any atom is 0.0907 e. The fourth-order valence-corrected chi connectivity index (χ4v) is 3.55. The highest BCUT2D eigenvalue weighted by Crippen LogP contribution is 2.24. The normalized spacial score (nSPS) is 18.6. The van der Waals surface area contributed by atoms with Crippen molar-refractivity contribution >= 4 is 21.6 Å². The molecule has 1 aliphatic rings. The number of aromatic nitrogens is 1. The van der Waals surface area contributed by atoms with Gasteiger partial charge in [-0.3, -0.25) is 4.90 Å². The number of likely N-dealkylation sites (tertiary alicyclic amines) is 1. The molecule has 0 unspecified atom stereocenters. The molecule has 3 rings (SSSR count). The van der Waals surface area contributed by atoms with Gasteiger partial charge in [-0.15, -0.1) is 11.3 Å². The Bertz CT molecular complexity index is 538. The van der Waals surface area contributed by atoms with Gasteiger partial charge in [-0.2, -0.15) is 0 Å². The van der Waals surface area contributed by atoms with Gasteiger partial charge in [0.15, 0.2) is 0 Å². The van der Waals surface area contributed by atoms with Crippen molar-refractivity contribution in [3.63, 3.8) is 0 Å². The molecule has 1 aromatic carbocycles. The maximum absolute atomic E-state index is 4.52. The standard InChI is InChI=1S/C15H20N2S/c1-11-5-7-17(8-6-11)10-13-3-4-14-15(9-13)18-12(2)16-14/h3-4,9,11H,5-8,10H2,1-2H3. The average Bonchev–Trinajstić information content (AvgIpc) is 2.71. The van der Waals surface area contributed by atoms with Gasteiger partial charge in [-0.05, 0) is 56.5 Å². The van der Waals surface area contributed by atoms with E-state index in [2.05, 4.69) is 41.9 Å². The largest absolute Gasteiger partial charge is 0.299 e. The average molecular weight is 260 g/mol. The monoisotopic (exact) mass is 260 g/mol. The first-order valence-corrected chi connectivity index (χ1v) is 7.61. The Balaban J connectivity index is 1.74. The molecule has 0 aliphatic carbocycles. The molecule has 0 spiro atoms. The molecule has 1 fully saturated rings. The van der Waals surface area contributed by atoms with Crippen molar-refractivity contribution in [2.24, 2.45) is 5.92 Å². The SMILES string of the molecule is Cc1nc2ccc(CN3CCC(C)CC3)cc2s1. The zero-order valence-electron chi connectivity index (χ0n) is 11.1. The van der Waals surface area contributed by atoms with E-state index in [1.807, 2.05) is 0 Å². The molecule has 1 saturated heterocycles. The van der Waals surface area contributed by atoms with Gasteiger partial charge in [0.2, 0.25) is 0 Å². The minimum Gasteiger partial charge on any atom is -0.299 e. The summed E-state index contributed by atoms with van der Waals surface area (Å²) in [5.74, 6) is 0.910. The Labute approximate surface area is 113 Å². The molecular weight excluding hydrogens is 240 g/mol. The third-order valence-corrected chi connectivity index (χ3v) is 4.78. The van der Waals surface area contributed by atoms with E-state index in [9.17, 15) is 0 Å². The molecule has 0 atom stereocenters. The summed E-state index contributed by atoms with van der Waals surface area (Å²) in [5, 5.41) is 1.16. The first kappa shape index (κ1) is 12.1. The zero-order chi connectivity index (χ0) is 12.5. The van der Waals surface area contributed by atoms with E-state index in [1.165, 1.54) is 36.2 Å². The highest BCUT2D eigenvalue weighted by molar-refractivity contribution is 7.18. The van der Waals surface area contributed by atoms with Crippen molar-refractivity contribution in [3.05, 3.63) is 28.8 Å². The van der Waals surface area contributed by atoms with E-state index in [0.29, 0.717) is 0 Å². The van der Waals surface area contributed by atoms with Crippen LogP contribution in [-0.4, -0.2) is 23.0 Å². The van der Waals surface area contributed by atoms with Gasteiger partial charge in [-0.25, -0.2) is 4.98 Å². The zero-order valence-corrected chi connectivity index (χ0v) is 12.0. The van der Waals surface area contributed by atoms with Gasteiger partial charge < -0.3 is 0 Å². The summed E-state index contributed by atoms with van der Waals surface area (Å²) < 4.78 is 1.33. The van der Waals surface area contributed by atoms with Crippen LogP contribution in [-0.2, 0) is 6.54 Å². The van der Waals surface area contributed by atoms with Gasteiger partial charge in [0.05, 0.1) is 15.2 Å². The van der Waals surface area contributed by atoms with E-state index in [0.717, 1.165) is 23.0 Å². The lowest BCUT2D eigenvalue weighted by Gasteiger charge is -2.30. The van der Waals surface area contributed by atoms with Crippen LogP contribution in [0.15, 0.2) is 18.2 Å². The van der Waals surface area contributed by atoms with Crippen molar-refractivity contribution in [3.8, 4) is 0 Å². The lowest BCUT2D eigenvalue weighted by molar-refractivity contribution is 0.185. The molecule has 96 valence electrons. The lowest BCUT2D eigenvalue weighted by atomic mass is 9.99. The first-order chi connectivity index (χ1) is 8.70. The Morgan fingerprint density at radius 1 is 1.33 bits per heavy atom. The Kier molecular flexibility index (Phi) is 3.35. The third kappa shape index (κ3) is 2.57. The summed E-state index contributed by atoms with van der Waals surface area (Å²) in [5.41, 5.74) is 2.58. The van der Waals surface area contributed by atoms with Crippen LogP contribution in [0.5, 0.6) is 0 Å². The number of benzene rings is 1. The number of piperidine rings is 1. The van der Waals surface area contributed by atoms with Crippen molar-refractivity contribution in [2.75, 3.05) is 13.1 Å². The van der Waals surface area contributed by atoms with Crippen LogP contribution >= 0.6 is 11.3 Å². The number of nitrogens with zero attached hydrogens (tertiary/aromatic N) is 2. The van der Waals surface area contributed by atoms with E-state index in [4.69, 9.17) is 0 Å². The fraction of sp³-hybridized carbons (Fsp3) is 0.533. The molecule has 1 aliphatic heterocycles.